The first-order valence-corrected chi connectivity index (χ1v) is 8.80. The summed E-state index contributed by atoms with van der Waals surface area (Å²) in [6.07, 6.45) is 3.23. The van der Waals surface area contributed by atoms with Crippen molar-refractivity contribution in [1.29, 1.82) is 0 Å². The van der Waals surface area contributed by atoms with Gasteiger partial charge < -0.3 is 24.8 Å². The number of aliphatic imine (C=N–C) groups is 1. The monoisotopic (exact) mass is 329 g/mol. The van der Waals surface area contributed by atoms with Crippen LogP contribution in [0.3, 0.4) is 0 Å². The van der Waals surface area contributed by atoms with Crippen LogP contribution in [0.1, 0.15) is 40.0 Å². The molecular formula is C17H35N3O3. The molecule has 0 atom stereocenters. The first-order valence-electron chi connectivity index (χ1n) is 8.80. The molecule has 136 valence electrons. The maximum Gasteiger partial charge on any atom is 0.191 e. The van der Waals surface area contributed by atoms with Crippen molar-refractivity contribution >= 4 is 5.96 Å². The van der Waals surface area contributed by atoms with Gasteiger partial charge in [-0.15, -0.1) is 0 Å². The largest absolute Gasteiger partial charge is 0.381 e. The van der Waals surface area contributed by atoms with Crippen molar-refractivity contribution in [2.24, 2.45) is 10.9 Å². The molecule has 6 heteroatoms. The molecule has 0 amide bonds. The van der Waals surface area contributed by atoms with Gasteiger partial charge in [0.2, 0.25) is 0 Å². The van der Waals surface area contributed by atoms with Crippen molar-refractivity contribution < 1.29 is 14.2 Å². The van der Waals surface area contributed by atoms with Crippen LogP contribution in [0.25, 0.3) is 0 Å². The fourth-order valence-corrected chi connectivity index (χ4v) is 2.22. The lowest BCUT2D eigenvalue weighted by atomic mass is 10.0. The zero-order chi connectivity index (χ0) is 17.0. The van der Waals surface area contributed by atoms with E-state index in [9.17, 15) is 0 Å². The molecule has 1 aliphatic heterocycles. The number of guanidine groups is 1. The summed E-state index contributed by atoms with van der Waals surface area (Å²) in [6.45, 7) is 11.9. The molecule has 0 aromatic carbocycles. The first-order chi connectivity index (χ1) is 11.1. The lowest BCUT2D eigenvalue weighted by Crippen LogP contribution is -2.39. The molecule has 1 fully saturated rings. The molecule has 0 aliphatic carbocycles. The number of nitrogens with one attached hydrogen (secondary N) is 2. The molecule has 1 rings (SSSR count). The highest BCUT2D eigenvalue weighted by molar-refractivity contribution is 5.79. The third-order valence-corrected chi connectivity index (χ3v) is 3.97. The number of rotatable bonds is 10. The number of nitrogens with zero attached hydrogens (tertiary/aromatic N) is 1. The SMILES string of the molecule is CCNC(=NCC(C)(C)OC)NCCCOCC1CCOCC1. The van der Waals surface area contributed by atoms with Gasteiger partial charge in [-0.3, -0.25) is 4.99 Å². The average molecular weight is 329 g/mol. The normalized spacial score (nSPS) is 17.3. The first kappa shape index (κ1) is 20.2. The van der Waals surface area contributed by atoms with Crippen molar-refractivity contribution in [3.63, 3.8) is 0 Å². The third-order valence-electron chi connectivity index (χ3n) is 3.97. The summed E-state index contributed by atoms with van der Waals surface area (Å²) in [6, 6.07) is 0. The van der Waals surface area contributed by atoms with Gasteiger partial charge in [0, 0.05) is 46.6 Å². The summed E-state index contributed by atoms with van der Waals surface area (Å²) in [5.41, 5.74) is -0.241. The second-order valence-corrected chi connectivity index (χ2v) is 6.57. The molecule has 0 aromatic rings. The van der Waals surface area contributed by atoms with Crippen LogP contribution < -0.4 is 10.6 Å². The number of methoxy groups -OCH3 is 1. The van der Waals surface area contributed by atoms with Crippen molar-refractivity contribution in [2.75, 3.05) is 53.2 Å². The Kier molecular flexibility index (Phi) is 10.2. The Morgan fingerprint density at radius 2 is 2.00 bits per heavy atom. The van der Waals surface area contributed by atoms with Gasteiger partial charge in [0.05, 0.1) is 12.1 Å². The van der Waals surface area contributed by atoms with Gasteiger partial charge in [-0.1, -0.05) is 0 Å². The highest BCUT2D eigenvalue weighted by atomic mass is 16.5. The topological polar surface area (TPSA) is 64.1 Å². The Labute approximate surface area is 141 Å². The Bertz CT molecular complexity index is 329. The molecule has 0 bridgehead atoms. The maximum atomic E-state index is 5.77. The average Bonchev–Trinajstić information content (AvgIpc) is 2.56. The lowest BCUT2D eigenvalue weighted by molar-refractivity contribution is 0.0203. The standard InChI is InChI=1S/C17H35N3O3/c1-5-18-16(20-14-17(2,3)21-4)19-9-6-10-23-13-15-7-11-22-12-8-15/h15H,5-14H2,1-4H3,(H2,18,19,20). The fraction of sp³-hybridized carbons (Fsp3) is 0.941. The molecule has 6 nitrogen and oxygen atoms in total. The van der Waals surface area contributed by atoms with Gasteiger partial charge in [-0.05, 0) is 46.0 Å². The van der Waals surface area contributed by atoms with E-state index in [2.05, 4.69) is 22.5 Å². The van der Waals surface area contributed by atoms with Crippen LogP contribution >= 0.6 is 0 Å². The molecule has 1 heterocycles. The van der Waals surface area contributed by atoms with Crippen LogP contribution in [0, 0.1) is 5.92 Å². The molecule has 0 aromatic heterocycles. The second kappa shape index (κ2) is 11.6. The Morgan fingerprint density at radius 1 is 1.26 bits per heavy atom. The number of ether oxygens (including phenoxy) is 3. The van der Waals surface area contributed by atoms with Gasteiger partial charge in [0.15, 0.2) is 5.96 Å². The number of hydrogen-bond donors (Lipinski definition) is 2. The van der Waals surface area contributed by atoms with Crippen molar-refractivity contribution in [1.82, 2.24) is 10.6 Å². The Hall–Kier alpha value is -0.850. The van der Waals surface area contributed by atoms with E-state index in [4.69, 9.17) is 14.2 Å². The predicted molar refractivity (Wildman–Crippen MR) is 94.0 cm³/mol. The van der Waals surface area contributed by atoms with Gasteiger partial charge in [0.25, 0.3) is 0 Å². The molecule has 0 spiro atoms. The fourth-order valence-electron chi connectivity index (χ4n) is 2.22. The van der Waals surface area contributed by atoms with E-state index in [1.807, 2.05) is 13.8 Å². The van der Waals surface area contributed by atoms with E-state index < -0.39 is 0 Å². The van der Waals surface area contributed by atoms with E-state index >= 15 is 0 Å². The van der Waals surface area contributed by atoms with Crippen LogP contribution in [-0.2, 0) is 14.2 Å². The molecular weight excluding hydrogens is 294 g/mol. The summed E-state index contributed by atoms with van der Waals surface area (Å²) < 4.78 is 16.5. The summed E-state index contributed by atoms with van der Waals surface area (Å²) in [5, 5.41) is 6.59. The van der Waals surface area contributed by atoms with Crippen molar-refractivity contribution in [3.05, 3.63) is 0 Å². The maximum absolute atomic E-state index is 5.77. The minimum absolute atomic E-state index is 0.241. The van der Waals surface area contributed by atoms with Crippen LogP contribution in [0.2, 0.25) is 0 Å². The van der Waals surface area contributed by atoms with E-state index in [1.165, 1.54) is 0 Å². The van der Waals surface area contributed by atoms with Gasteiger partial charge >= 0.3 is 0 Å². The second-order valence-electron chi connectivity index (χ2n) is 6.57. The molecule has 0 saturated carbocycles. The quantitative estimate of drug-likeness (QED) is 0.363. The molecule has 23 heavy (non-hydrogen) atoms. The molecule has 1 saturated heterocycles. The van der Waals surface area contributed by atoms with Crippen LogP contribution in [0.5, 0.6) is 0 Å². The minimum Gasteiger partial charge on any atom is -0.381 e. The third kappa shape index (κ3) is 9.79. The number of hydrogen-bond acceptors (Lipinski definition) is 4. The van der Waals surface area contributed by atoms with E-state index in [1.54, 1.807) is 7.11 Å². The zero-order valence-electron chi connectivity index (χ0n) is 15.3. The smallest absolute Gasteiger partial charge is 0.191 e. The van der Waals surface area contributed by atoms with E-state index in [-0.39, 0.29) is 5.60 Å². The summed E-state index contributed by atoms with van der Waals surface area (Å²) in [4.78, 5) is 4.56. The van der Waals surface area contributed by atoms with E-state index in [0.29, 0.717) is 12.5 Å². The summed E-state index contributed by atoms with van der Waals surface area (Å²) in [7, 11) is 1.71. The summed E-state index contributed by atoms with van der Waals surface area (Å²) in [5.74, 6) is 1.51. The predicted octanol–water partition coefficient (Wildman–Crippen LogP) is 1.80. The molecule has 0 unspecified atom stereocenters. The van der Waals surface area contributed by atoms with E-state index in [0.717, 1.165) is 64.7 Å². The highest BCUT2D eigenvalue weighted by Crippen LogP contribution is 2.14. The van der Waals surface area contributed by atoms with Gasteiger partial charge in [-0.2, -0.15) is 0 Å². The Balaban J connectivity index is 2.13. The van der Waals surface area contributed by atoms with Crippen molar-refractivity contribution in [2.45, 2.75) is 45.6 Å². The minimum atomic E-state index is -0.241. The lowest BCUT2D eigenvalue weighted by Gasteiger charge is -2.22. The van der Waals surface area contributed by atoms with Crippen LogP contribution in [0.4, 0.5) is 0 Å². The summed E-state index contributed by atoms with van der Waals surface area (Å²) >= 11 is 0. The molecule has 1 aliphatic rings. The highest BCUT2D eigenvalue weighted by Gasteiger charge is 2.16. The Morgan fingerprint density at radius 3 is 2.65 bits per heavy atom. The van der Waals surface area contributed by atoms with Crippen LogP contribution in [-0.4, -0.2) is 64.7 Å². The molecule has 2 N–H and O–H groups in total. The molecule has 0 radical (unpaired) electrons. The zero-order valence-corrected chi connectivity index (χ0v) is 15.3. The van der Waals surface area contributed by atoms with Crippen LogP contribution in [0.15, 0.2) is 4.99 Å². The van der Waals surface area contributed by atoms with Gasteiger partial charge in [-0.25, -0.2) is 0 Å². The van der Waals surface area contributed by atoms with Crippen molar-refractivity contribution in [3.8, 4) is 0 Å². The van der Waals surface area contributed by atoms with Gasteiger partial charge in [0.1, 0.15) is 0 Å².